The molecule has 1 aliphatic rings. The van der Waals surface area contributed by atoms with E-state index in [1.165, 1.54) is 6.07 Å². The quantitative estimate of drug-likeness (QED) is 0.670. The molecule has 96 valence electrons. The van der Waals surface area contributed by atoms with Crippen LogP contribution in [0.4, 0.5) is 13.2 Å². The summed E-state index contributed by atoms with van der Waals surface area (Å²) in [5.74, 6) is 0. The van der Waals surface area contributed by atoms with E-state index in [0.29, 0.717) is 11.1 Å². The molecule has 2 rings (SSSR count). The van der Waals surface area contributed by atoms with E-state index in [9.17, 15) is 13.2 Å². The molecule has 0 spiro atoms. The molecule has 0 fully saturated rings. The van der Waals surface area contributed by atoms with E-state index in [4.69, 9.17) is 10.5 Å². The van der Waals surface area contributed by atoms with E-state index in [-0.39, 0.29) is 12.0 Å². The monoisotopic (exact) mass is 262 g/mol. The van der Waals surface area contributed by atoms with Crippen LogP contribution in [0.15, 0.2) is 29.8 Å². The summed E-state index contributed by atoms with van der Waals surface area (Å²) < 4.78 is 40.0. The molecule has 1 aliphatic carbocycles. The van der Waals surface area contributed by atoms with Crippen LogP contribution in [0.2, 0.25) is 0 Å². The maximum Gasteiger partial charge on any atom is 0.398 e. The Bertz CT molecular complexity index is 628. The molecular formula is C14H9F3N2. The molecule has 5 heteroatoms. The lowest BCUT2D eigenvalue weighted by Gasteiger charge is -2.29. The third-order valence-corrected chi connectivity index (χ3v) is 3.48. The number of rotatable bonds is 0. The Balaban J connectivity index is 2.81. The predicted octanol–water partition coefficient (Wildman–Crippen LogP) is 3.61. The summed E-state index contributed by atoms with van der Waals surface area (Å²) in [6, 6.07) is 9.54. The van der Waals surface area contributed by atoms with Gasteiger partial charge in [0.05, 0.1) is 5.41 Å². The maximum atomic E-state index is 13.3. The van der Waals surface area contributed by atoms with Crippen LogP contribution in [0.5, 0.6) is 0 Å². The minimum atomic E-state index is -4.51. The van der Waals surface area contributed by atoms with Crippen LogP contribution >= 0.6 is 0 Å². The van der Waals surface area contributed by atoms with Gasteiger partial charge in [0.15, 0.2) is 0 Å². The molecule has 0 saturated heterocycles. The van der Waals surface area contributed by atoms with Gasteiger partial charge >= 0.3 is 6.18 Å². The van der Waals surface area contributed by atoms with Gasteiger partial charge in [0.1, 0.15) is 17.7 Å². The lowest BCUT2D eigenvalue weighted by Crippen LogP contribution is -2.35. The predicted molar refractivity (Wildman–Crippen MR) is 62.5 cm³/mol. The van der Waals surface area contributed by atoms with Gasteiger partial charge in [-0.15, -0.1) is 0 Å². The number of nitriles is 2. The second kappa shape index (κ2) is 4.13. The molecule has 0 bridgehead atoms. The first kappa shape index (κ1) is 13.2. The van der Waals surface area contributed by atoms with Gasteiger partial charge in [0.25, 0.3) is 0 Å². The van der Waals surface area contributed by atoms with Crippen LogP contribution < -0.4 is 0 Å². The first-order valence-electron chi connectivity index (χ1n) is 5.55. The first-order chi connectivity index (χ1) is 8.85. The van der Waals surface area contributed by atoms with E-state index >= 15 is 0 Å². The molecule has 19 heavy (non-hydrogen) atoms. The minimum absolute atomic E-state index is 0.208. The Morgan fingerprint density at radius 2 is 1.79 bits per heavy atom. The largest absolute Gasteiger partial charge is 0.398 e. The van der Waals surface area contributed by atoms with Crippen LogP contribution in [0.25, 0.3) is 5.57 Å². The second-order valence-electron chi connectivity index (χ2n) is 4.64. The molecule has 1 aromatic carbocycles. The zero-order valence-electron chi connectivity index (χ0n) is 10.0. The zero-order valence-corrected chi connectivity index (χ0v) is 10.0. The second-order valence-corrected chi connectivity index (χ2v) is 4.64. The van der Waals surface area contributed by atoms with Crippen LogP contribution in [0.1, 0.15) is 18.1 Å². The maximum absolute atomic E-state index is 13.3. The number of alkyl halides is 3. The Morgan fingerprint density at radius 3 is 2.32 bits per heavy atom. The summed E-state index contributed by atoms with van der Waals surface area (Å²) in [4.78, 5) is 0. The van der Waals surface area contributed by atoms with Crippen LogP contribution in [-0.4, -0.2) is 6.18 Å². The third kappa shape index (κ3) is 1.79. The van der Waals surface area contributed by atoms with E-state index in [2.05, 4.69) is 0 Å². The highest BCUT2D eigenvalue weighted by atomic mass is 19.4. The van der Waals surface area contributed by atoms with Crippen molar-refractivity contribution in [2.45, 2.75) is 19.5 Å². The third-order valence-electron chi connectivity index (χ3n) is 3.48. The van der Waals surface area contributed by atoms with E-state index in [0.717, 1.165) is 6.92 Å². The molecule has 2 nitrogen and oxygen atoms in total. The van der Waals surface area contributed by atoms with Crippen molar-refractivity contribution in [1.82, 2.24) is 0 Å². The van der Waals surface area contributed by atoms with Crippen LogP contribution in [0.3, 0.4) is 0 Å². The Labute approximate surface area is 108 Å². The molecule has 0 N–H and O–H groups in total. The Hall–Kier alpha value is -2.27. The van der Waals surface area contributed by atoms with Gasteiger partial charge in [0, 0.05) is 5.57 Å². The number of benzene rings is 1. The van der Waals surface area contributed by atoms with Gasteiger partial charge < -0.3 is 0 Å². The average molecular weight is 262 g/mol. The summed E-state index contributed by atoms with van der Waals surface area (Å²) >= 11 is 0. The van der Waals surface area contributed by atoms with Crippen molar-refractivity contribution in [3.8, 4) is 12.1 Å². The molecule has 0 aliphatic heterocycles. The highest BCUT2D eigenvalue weighted by Crippen LogP contribution is 2.56. The van der Waals surface area contributed by atoms with E-state index < -0.39 is 17.2 Å². The zero-order chi connectivity index (χ0) is 14.3. The fourth-order valence-electron chi connectivity index (χ4n) is 2.47. The molecule has 0 aromatic heterocycles. The highest BCUT2D eigenvalue weighted by molar-refractivity contribution is 5.84. The van der Waals surface area contributed by atoms with Crippen molar-refractivity contribution in [3.05, 3.63) is 41.0 Å². The topological polar surface area (TPSA) is 47.6 Å². The Kier molecular flexibility index (Phi) is 2.87. The molecule has 1 atom stereocenters. The number of halogens is 3. The van der Waals surface area contributed by atoms with Crippen molar-refractivity contribution >= 4 is 5.57 Å². The summed E-state index contributed by atoms with van der Waals surface area (Å²) in [5, 5.41) is 17.8. The highest BCUT2D eigenvalue weighted by Gasteiger charge is 2.58. The smallest absolute Gasteiger partial charge is 0.192 e. The van der Waals surface area contributed by atoms with E-state index in [1.54, 1.807) is 30.3 Å². The number of nitrogens with zero attached hydrogens (tertiary/aromatic N) is 2. The van der Waals surface area contributed by atoms with Crippen molar-refractivity contribution in [2.75, 3.05) is 0 Å². The molecule has 0 saturated carbocycles. The van der Waals surface area contributed by atoms with Gasteiger partial charge in [-0.05, 0) is 24.5 Å². The van der Waals surface area contributed by atoms with Crippen molar-refractivity contribution in [1.29, 1.82) is 10.5 Å². The number of hydrogen-bond donors (Lipinski definition) is 0. The van der Waals surface area contributed by atoms with Gasteiger partial charge in [0.2, 0.25) is 0 Å². The van der Waals surface area contributed by atoms with Crippen molar-refractivity contribution < 1.29 is 13.2 Å². The van der Waals surface area contributed by atoms with Crippen LogP contribution in [-0.2, 0) is 6.42 Å². The summed E-state index contributed by atoms with van der Waals surface area (Å²) in [6.45, 7) is 1.04. The molecule has 0 radical (unpaired) electrons. The lowest BCUT2D eigenvalue weighted by atomic mass is 9.79. The molecule has 1 aromatic rings. The summed E-state index contributed by atoms with van der Waals surface area (Å²) in [5.41, 5.74) is -2.00. The van der Waals surface area contributed by atoms with Gasteiger partial charge in [-0.3, -0.25) is 0 Å². The standard InChI is InChI=1S/C14H9F3N2/c1-13(14(15,16)17)6-9-4-2-3-5-11(9)12(13)10(7-18)8-19/h2-5H,6H2,1H3. The van der Waals surface area contributed by atoms with Crippen LogP contribution in [0, 0.1) is 28.1 Å². The van der Waals surface area contributed by atoms with Gasteiger partial charge in [-0.2, -0.15) is 23.7 Å². The number of fused-ring (bicyclic) bond motifs is 1. The molecule has 0 heterocycles. The SMILES string of the molecule is CC1(C(F)(F)F)Cc2ccccc2C1=C(C#N)C#N. The van der Waals surface area contributed by atoms with Gasteiger partial charge in [-0.25, -0.2) is 0 Å². The first-order valence-corrected chi connectivity index (χ1v) is 5.55. The minimum Gasteiger partial charge on any atom is -0.192 e. The molecule has 0 amide bonds. The normalized spacial score (nSPS) is 21.5. The fraction of sp³-hybridized carbons (Fsp3) is 0.286. The van der Waals surface area contributed by atoms with Gasteiger partial charge in [-0.1, -0.05) is 24.3 Å². The lowest BCUT2D eigenvalue weighted by molar-refractivity contribution is -0.193. The summed E-state index contributed by atoms with van der Waals surface area (Å²) in [6.07, 6.45) is -4.75. The molecular weight excluding hydrogens is 253 g/mol. The molecule has 1 unspecified atom stereocenters. The van der Waals surface area contributed by atoms with Crippen molar-refractivity contribution in [2.24, 2.45) is 5.41 Å². The van der Waals surface area contributed by atoms with E-state index in [1.807, 2.05) is 0 Å². The number of allylic oxidation sites excluding steroid dienone is 2. The summed E-state index contributed by atoms with van der Waals surface area (Å²) in [7, 11) is 0. The number of hydrogen-bond acceptors (Lipinski definition) is 2. The fourth-order valence-corrected chi connectivity index (χ4v) is 2.47. The Morgan fingerprint density at radius 1 is 1.21 bits per heavy atom. The van der Waals surface area contributed by atoms with Crippen molar-refractivity contribution in [3.63, 3.8) is 0 Å². The average Bonchev–Trinajstić information content (AvgIpc) is 2.65.